The zero-order valence-electron chi connectivity index (χ0n) is 17.0. The Hall–Kier alpha value is -4.70. The van der Waals surface area contributed by atoms with E-state index in [-0.39, 0.29) is 22.6 Å². The Labute approximate surface area is 188 Å². The molecule has 0 radical (unpaired) electrons. The molecule has 3 rings (SSSR count). The summed E-state index contributed by atoms with van der Waals surface area (Å²) < 4.78 is 0. The highest BCUT2D eigenvalue weighted by molar-refractivity contribution is 6.14. The van der Waals surface area contributed by atoms with Gasteiger partial charge in [-0.15, -0.1) is 5.06 Å². The van der Waals surface area contributed by atoms with E-state index in [1.54, 1.807) is 5.43 Å². The van der Waals surface area contributed by atoms with Gasteiger partial charge in [0.2, 0.25) is 23.6 Å². The molecule has 0 aliphatic carbocycles. The Morgan fingerprint density at radius 2 is 1.53 bits per heavy atom. The minimum absolute atomic E-state index is 0.0832. The molecule has 0 saturated carbocycles. The molecular weight excluding hydrogens is 460 g/mol. The summed E-state index contributed by atoms with van der Waals surface area (Å²) >= 11 is 0. The van der Waals surface area contributed by atoms with E-state index < -0.39 is 65.6 Å². The molecule has 16 nitrogen and oxygen atoms in total. The number of carbonyl (C=O) groups excluding carboxylic acids is 8. The van der Waals surface area contributed by atoms with Crippen molar-refractivity contribution in [2.75, 3.05) is 0 Å². The van der Waals surface area contributed by atoms with Crippen LogP contribution in [0, 0.1) is 11.8 Å². The molecule has 2 fully saturated rings. The van der Waals surface area contributed by atoms with Gasteiger partial charge in [-0.05, 0) is 24.3 Å². The Bertz CT molecular complexity index is 1100. The molecule has 6 amide bonds. The van der Waals surface area contributed by atoms with Gasteiger partial charge in [0.05, 0.1) is 17.5 Å². The highest BCUT2D eigenvalue weighted by Gasteiger charge is 2.45. The average molecular weight is 476 g/mol. The summed E-state index contributed by atoms with van der Waals surface area (Å²) in [4.78, 5) is 103. The molecule has 6 N–H and O–H groups in total. The van der Waals surface area contributed by atoms with Crippen LogP contribution in [0.1, 0.15) is 33.6 Å². The van der Waals surface area contributed by atoms with E-state index >= 15 is 0 Å². The van der Waals surface area contributed by atoms with Crippen molar-refractivity contribution in [2.45, 2.75) is 12.8 Å². The molecule has 2 atom stereocenters. The fraction of sp³-hybridized carbons (Fsp3) is 0.222. The number of nitrogens with two attached hydrogens (primary N) is 1. The molecule has 2 unspecified atom stereocenters. The van der Waals surface area contributed by atoms with Crippen LogP contribution in [-0.4, -0.2) is 52.4 Å². The number of amides is 6. The monoisotopic (exact) mass is 476 g/mol. The molecule has 0 aromatic heterocycles. The van der Waals surface area contributed by atoms with Crippen LogP contribution in [0.5, 0.6) is 0 Å². The SMILES string of the molecule is NNC(=O)C1CC(=O)N(OC(=O)c2ccc(C(=O)ONNC(=O)C3CC(=O)NC3=O)cc2)C1=O. The molecule has 16 heteroatoms. The lowest BCUT2D eigenvalue weighted by Gasteiger charge is -2.13. The van der Waals surface area contributed by atoms with Crippen LogP contribution >= 0.6 is 0 Å². The minimum atomic E-state index is -1.42. The van der Waals surface area contributed by atoms with Gasteiger partial charge in [-0.25, -0.2) is 15.4 Å². The fourth-order valence-electron chi connectivity index (χ4n) is 2.92. The van der Waals surface area contributed by atoms with E-state index in [9.17, 15) is 38.4 Å². The molecule has 1 aromatic rings. The van der Waals surface area contributed by atoms with Crippen LogP contribution in [0.4, 0.5) is 0 Å². The minimum Gasteiger partial charge on any atom is -0.346 e. The van der Waals surface area contributed by atoms with Gasteiger partial charge in [0.15, 0.2) is 0 Å². The van der Waals surface area contributed by atoms with Gasteiger partial charge in [-0.3, -0.25) is 44.9 Å². The predicted octanol–water partition coefficient (Wildman–Crippen LogP) is -3.52. The molecule has 2 heterocycles. The van der Waals surface area contributed by atoms with E-state index in [0.717, 1.165) is 24.3 Å². The second-order valence-corrected chi connectivity index (χ2v) is 6.90. The van der Waals surface area contributed by atoms with Crippen molar-refractivity contribution in [2.24, 2.45) is 17.7 Å². The number of hydrogen-bond acceptors (Lipinski definition) is 12. The molecule has 178 valence electrons. The first kappa shape index (κ1) is 24.0. The van der Waals surface area contributed by atoms with Crippen molar-refractivity contribution in [3.63, 3.8) is 0 Å². The third-order valence-corrected chi connectivity index (χ3v) is 4.70. The van der Waals surface area contributed by atoms with Crippen LogP contribution in [0.15, 0.2) is 24.3 Å². The van der Waals surface area contributed by atoms with Crippen LogP contribution in [0.3, 0.4) is 0 Å². The van der Waals surface area contributed by atoms with Gasteiger partial charge in [0, 0.05) is 6.42 Å². The summed E-state index contributed by atoms with van der Waals surface area (Å²) in [5.74, 6) is -5.04. The van der Waals surface area contributed by atoms with Gasteiger partial charge in [0.25, 0.3) is 11.8 Å². The molecule has 34 heavy (non-hydrogen) atoms. The standard InChI is InChI=1S/C18H16N6O10/c19-21-14(28)10-6-12(26)24(16(10)30)34-18(32)8-3-1-7(2-4-8)17(31)33-23-22-15(29)9-5-11(25)20-13(9)27/h1-4,9-10,23H,5-6,19H2,(H,21,28)(H,22,29)(H,20,25,27). The normalized spacial score (nSPS) is 19.5. The number of rotatable bonds is 7. The zero-order valence-corrected chi connectivity index (χ0v) is 17.0. The first-order valence-electron chi connectivity index (χ1n) is 9.41. The molecule has 0 bridgehead atoms. The van der Waals surface area contributed by atoms with Crippen molar-refractivity contribution >= 4 is 47.4 Å². The third-order valence-electron chi connectivity index (χ3n) is 4.70. The number of benzene rings is 1. The van der Waals surface area contributed by atoms with E-state index in [0.29, 0.717) is 0 Å². The number of nitrogens with zero attached hydrogens (tertiary/aromatic N) is 1. The van der Waals surface area contributed by atoms with Crippen LogP contribution < -0.4 is 27.6 Å². The van der Waals surface area contributed by atoms with Crippen LogP contribution in [0.25, 0.3) is 0 Å². The second-order valence-electron chi connectivity index (χ2n) is 6.90. The van der Waals surface area contributed by atoms with Crippen molar-refractivity contribution < 1.29 is 48.0 Å². The third kappa shape index (κ3) is 5.03. The average Bonchev–Trinajstić information content (AvgIpc) is 3.30. The highest BCUT2D eigenvalue weighted by atomic mass is 16.7. The number of hydrogen-bond donors (Lipinski definition) is 5. The lowest BCUT2D eigenvalue weighted by molar-refractivity contribution is -0.174. The van der Waals surface area contributed by atoms with Gasteiger partial charge in [0.1, 0.15) is 11.8 Å². The number of nitrogens with one attached hydrogen (secondary N) is 4. The highest BCUT2D eigenvalue weighted by Crippen LogP contribution is 2.21. The van der Waals surface area contributed by atoms with Crippen molar-refractivity contribution in [1.82, 2.24) is 26.8 Å². The first-order valence-corrected chi connectivity index (χ1v) is 9.41. The number of hydroxylamine groups is 2. The van der Waals surface area contributed by atoms with Gasteiger partial charge < -0.3 is 9.68 Å². The maximum Gasteiger partial charge on any atom is 0.363 e. The van der Waals surface area contributed by atoms with E-state index in [2.05, 4.69) is 4.84 Å². The van der Waals surface area contributed by atoms with Crippen molar-refractivity contribution in [3.05, 3.63) is 35.4 Å². The van der Waals surface area contributed by atoms with Crippen LogP contribution in [-0.2, 0) is 38.4 Å². The summed E-state index contributed by atoms with van der Waals surface area (Å²) in [7, 11) is 0. The number of imide groups is 2. The summed E-state index contributed by atoms with van der Waals surface area (Å²) in [6, 6.07) is 4.54. The maximum atomic E-state index is 12.2. The second kappa shape index (κ2) is 9.84. The van der Waals surface area contributed by atoms with E-state index in [1.807, 2.05) is 16.3 Å². The maximum absolute atomic E-state index is 12.2. The summed E-state index contributed by atoms with van der Waals surface area (Å²) in [5, 5.41) is 2.11. The molecule has 2 aliphatic heterocycles. The molecule has 1 aromatic carbocycles. The summed E-state index contributed by atoms with van der Waals surface area (Å²) in [6.07, 6.45) is -0.863. The molecule has 2 saturated heterocycles. The first-order chi connectivity index (χ1) is 16.1. The Morgan fingerprint density at radius 1 is 0.912 bits per heavy atom. The van der Waals surface area contributed by atoms with Gasteiger partial charge in [-0.2, -0.15) is 0 Å². The molecular formula is C18H16N6O10. The topological polar surface area (TPSA) is 232 Å². The number of hydrazine groups is 2. The molecule has 0 spiro atoms. The zero-order chi connectivity index (χ0) is 25.0. The largest absolute Gasteiger partial charge is 0.363 e. The van der Waals surface area contributed by atoms with Gasteiger partial charge in [-0.1, -0.05) is 5.59 Å². The lowest BCUT2D eigenvalue weighted by atomic mass is 10.1. The quantitative estimate of drug-likeness (QED) is 0.0847. The Morgan fingerprint density at radius 3 is 2.09 bits per heavy atom. The van der Waals surface area contributed by atoms with E-state index in [4.69, 9.17) is 10.7 Å². The number of carbonyl (C=O) groups is 8. The Balaban J connectivity index is 1.51. The van der Waals surface area contributed by atoms with Crippen LogP contribution in [0.2, 0.25) is 0 Å². The Kier molecular flexibility index (Phi) is 6.93. The predicted molar refractivity (Wildman–Crippen MR) is 102 cm³/mol. The van der Waals surface area contributed by atoms with Gasteiger partial charge >= 0.3 is 11.9 Å². The van der Waals surface area contributed by atoms with Crippen molar-refractivity contribution in [1.29, 1.82) is 0 Å². The molecule has 2 aliphatic rings. The fourth-order valence-corrected chi connectivity index (χ4v) is 2.92. The van der Waals surface area contributed by atoms with Crippen molar-refractivity contribution in [3.8, 4) is 0 Å². The van der Waals surface area contributed by atoms with E-state index in [1.165, 1.54) is 0 Å². The lowest BCUT2D eigenvalue weighted by Crippen LogP contribution is -2.44. The smallest absolute Gasteiger partial charge is 0.346 e. The summed E-state index contributed by atoms with van der Waals surface area (Å²) in [6.45, 7) is 0. The summed E-state index contributed by atoms with van der Waals surface area (Å²) in [5.41, 5.74) is 5.30.